The Hall–Kier alpha value is -0.390. The second kappa shape index (κ2) is 5.50. The van der Waals surface area contributed by atoms with Crippen LogP contribution in [0.1, 0.15) is 24.6 Å². The Morgan fingerprint density at radius 3 is 3.00 bits per heavy atom. The van der Waals surface area contributed by atoms with Gasteiger partial charge in [-0.15, -0.1) is 11.3 Å². The fourth-order valence-corrected chi connectivity index (χ4v) is 3.57. The Bertz CT molecular complexity index is 407. The van der Waals surface area contributed by atoms with E-state index in [0.29, 0.717) is 6.04 Å². The maximum atomic E-state index is 12.4. The summed E-state index contributed by atoms with van der Waals surface area (Å²) in [4.78, 5) is 15.5. The lowest BCUT2D eigenvalue weighted by atomic mass is 10.1. The van der Waals surface area contributed by atoms with Crippen LogP contribution in [0.5, 0.6) is 0 Å². The quantitative estimate of drug-likeness (QED) is 0.909. The molecule has 1 aliphatic heterocycles. The predicted octanol–water partition coefficient (Wildman–Crippen LogP) is 2.43. The molecule has 94 valence electrons. The van der Waals surface area contributed by atoms with E-state index < -0.39 is 0 Å². The third-order valence-electron chi connectivity index (χ3n) is 3.18. The lowest BCUT2D eigenvalue weighted by Crippen LogP contribution is -2.53. The average Bonchev–Trinajstić information content (AvgIpc) is 2.75. The van der Waals surface area contributed by atoms with E-state index in [9.17, 15) is 4.79 Å². The largest absolute Gasteiger partial charge is 0.337 e. The summed E-state index contributed by atoms with van der Waals surface area (Å²) in [7, 11) is 0. The van der Waals surface area contributed by atoms with E-state index in [-0.39, 0.29) is 11.8 Å². The zero-order chi connectivity index (χ0) is 12.4. The molecule has 1 aromatic heterocycles. The number of amides is 1. The van der Waals surface area contributed by atoms with Gasteiger partial charge in [-0.25, -0.2) is 0 Å². The highest BCUT2D eigenvalue weighted by Gasteiger charge is 2.28. The second-order valence-electron chi connectivity index (χ2n) is 4.45. The standard InChI is InChI=1S/C12H17BrN2OS/c1-8-7-14-5-6-15(8)12(16)9(2)10-3-4-11(13)17-10/h3-4,8-9,14H,5-7H2,1-2H3/t8-,9?/m1/s1. The molecule has 5 heteroatoms. The van der Waals surface area contributed by atoms with Crippen molar-refractivity contribution in [3.05, 3.63) is 20.8 Å². The van der Waals surface area contributed by atoms with Gasteiger partial charge in [0, 0.05) is 30.6 Å². The molecule has 0 spiro atoms. The fraction of sp³-hybridized carbons (Fsp3) is 0.583. The highest BCUT2D eigenvalue weighted by molar-refractivity contribution is 9.11. The van der Waals surface area contributed by atoms with E-state index in [1.807, 2.05) is 24.0 Å². The van der Waals surface area contributed by atoms with E-state index in [2.05, 4.69) is 28.2 Å². The van der Waals surface area contributed by atoms with Crippen molar-refractivity contribution in [2.45, 2.75) is 25.8 Å². The molecule has 1 amide bonds. The molecular weight excluding hydrogens is 300 g/mol. The van der Waals surface area contributed by atoms with Crippen LogP contribution in [0, 0.1) is 0 Å². The first-order chi connectivity index (χ1) is 8.09. The number of nitrogens with zero attached hydrogens (tertiary/aromatic N) is 1. The molecule has 2 atom stereocenters. The van der Waals surface area contributed by atoms with E-state index in [4.69, 9.17) is 0 Å². The van der Waals surface area contributed by atoms with Gasteiger partial charge < -0.3 is 10.2 Å². The molecule has 2 heterocycles. The van der Waals surface area contributed by atoms with Gasteiger partial charge in [-0.3, -0.25) is 4.79 Å². The average molecular weight is 317 g/mol. The number of hydrogen-bond donors (Lipinski definition) is 1. The van der Waals surface area contributed by atoms with Crippen molar-refractivity contribution < 1.29 is 4.79 Å². The third kappa shape index (κ3) is 2.89. The van der Waals surface area contributed by atoms with Gasteiger partial charge in [-0.05, 0) is 41.9 Å². The van der Waals surface area contributed by atoms with Crippen LogP contribution in [-0.2, 0) is 4.79 Å². The first kappa shape index (κ1) is 13.1. The van der Waals surface area contributed by atoms with Crippen LogP contribution in [0.2, 0.25) is 0 Å². The van der Waals surface area contributed by atoms with Gasteiger partial charge in [-0.1, -0.05) is 0 Å². The summed E-state index contributed by atoms with van der Waals surface area (Å²) in [6, 6.07) is 4.33. The van der Waals surface area contributed by atoms with Gasteiger partial charge in [0.2, 0.25) is 5.91 Å². The van der Waals surface area contributed by atoms with Crippen LogP contribution in [-0.4, -0.2) is 36.5 Å². The number of halogens is 1. The summed E-state index contributed by atoms with van der Waals surface area (Å²) in [6.07, 6.45) is 0. The number of hydrogen-bond acceptors (Lipinski definition) is 3. The fourth-order valence-electron chi connectivity index (χ4n) is 2.10. The molecule has 2 rings (SSSR count). The lowest BCUT2D eigenvalue weighted by molar-refractivity contribution is -0.135. The van der Waals surface area contributed by atoms with Crippen LogP contribution in [0.25, 0.3) is 0 Å². The molecule has 3 nitrogen and oxygen atoms in total. The first-order valence-electron chi connectivity index (χ1n) is 5.86. The van der Waals surface area contributed by atoms with Gasteiger partial charge in [0.25, 0.3) is 0 Å². The molecule has 0 aliphatic carbocycles. The SMILES string of the molecule is CC(C(=O)N1CCNC[C@H]1C)c1ccc(Br)s1. The molecule has 1 fully saturated rings. The number of carbonyl (C=O) groups is 1. The Morgan fingerprint density at radius 1 is 1.65 bits per heavy atom. The smallest absolute Gasteiger partial charge is 0.230 e. The van der Waals surface area contributed by atoms with Crippen LogP contribution >= 0.6 is 27.3 Å². The Kier molecular flexibility index (Phi) is 4.22. The van der Waals surface area contributed by atoms with Gasteiger partial charge >= 0.3 is 0 Å². The Balaban J connectivity index is 2.08. The number of thiophene rings is 1. The molecule has 17 heavy (non-hydrogen) atoms. The summed E-state index contributed by atoms with van der Waals surface area (Å²) >= 11 is 5.08. The van der Waals surface area contributed by atoms with Crippen molar-refractivity contribution >= 4 is 33.2 Å². The van der Waals surface area contributed by atoms with E-state index >= 15 is 0 Å². The highest BCUT2D eigenvalue weighted by Crippen LogP contribution is 2.30. The molecule has 0 aromatic carbocycles. The van der Waals surface area contributed by atoms with E-state index in [0.717, 1.165) is 28.3 Å². The maximum Gasteiger partial charge on any atom is 0.230 e. The van der Waals surface area contributed by atoms with Crippen molar-refractivity contribution in [3.63, 3.8) is 0 Å². The van der Waals surface area contributed by atoms with Gasteiger partial charge in [-0.2, -0.15) is 0 Å². The van der Waals surface area contributed by atoms with Crippen molar-refractivity contribution in [1.29, 1.82) is 0 Å². The van der Waals surface area contributed by atoms with Crippen LogP contribution in [0.15, 0.2) is 15.9 Å². The van der Waals surface area contributed by atoms with Crippen molar-refractivity contribution in [1.82, 2.24) is 10.2 Å². The Morgan fingerprint density at radius 2 is 2.41 bits per heavy atom. The van der Waals surface area contributed by atoms with Crippen molar-refractivity contribution in [3.8, 4) is 0 Å². The zero-order valence-corrected chi connectivity index (χ0v) is 12.5. The summed E-state index contributed by atoms with van der Waals surface area (Å²) in [5, 5.41) is 3.30. The molecule has 1 N–H and O–H groups in total. The topological polar surface area (TPSA) is 32.3 Å². The van der Waals surface area contributed by atoms with Crippen molar-refractivity contribution in [2.24, 2.45) is 0 Å². The second-order valence-corrected chi connectivity index (χ2v) is 6.94. The molecule has 1 aromatic rings. The van der Waals surface area contributed by atoms with Crippen LogP contribution in [0.4, 0.5) is 0 Å². The minimum Gasteiger partial charge on any atom is -0.337 e. The predicted molar refractivity (Wildman–Crippen MR) is 74.5 cm³/mol. The van der Waals surface area contributed by atoms with Crippen LogP contribution < -0.4 is 5.32 Å². The van der Waals surface area contributed by atoms with Crippen LogP contribution in [0.3, 0.4) is 0 Å². The molecule has 0 saturated carbocycles. The summed E-state index contributed by atoms with van der Waals surface area (Å²) in [5.41, 5.74) is 0. The number of carbonyl (C=O) groups excluding carboxylic acids is 1. The minimum atomic E-state index is -0.0353. The monoisotopic (exact) mass is 316 g/mol. The minimum absolute atomic E-state index is 0.0353. The van der Waals surface area contributed by atoms with Gasteiger partial charge in [0.15, 0.2) is 0 Å². The summed E-state index contributed by atoms with van der Waals surface area (Å²) < 4.78 is 1.08. The zero-order valence-electron chi connectivity index (χ0n) is 10.1. The van der Waals surface area contributed by atoms with Crippen molar-refractivity contribution in [2.75, 3.05) is 19.6 Å². The first-order valence-corrected chi connectivity index (χ1v) is 7.47. The molecule has 0 radical (unpaired) electrons. The normalized spacial score (nSPS) is 22.5. The highest BCUT2D eigenvalue weighted by atomic mass is 79.9. The molecule has 1 unspecified atom stereocenters. The number of rotatable bonds is 2. The molecule has 0 bridgehead atoms. The maximum absolute atomic E-state index is 12.4. The van der Waals surface area contributed by atoms with E-state index in [1.54, 1.807) is 11.3 Å². The van der Waals surface area contributed by atoms with Gasteiger partial charge in [0.1, 0.15) is 0 Å². The third-order valence-corrected chi connectivity index (χ3v) is 4.98. The van der Waals surface area contributed by atoms with Gasteiger partial charge in [0.05, 0.1) is 9.70 Å². The molecular formula is C12H17BrN2OS. The Labute approximate surface area is 114 Å². The lowest BCUT2D eigenvalue weighted by Gasteiger charge is -2.35. The molecule has 1 aliphatic rings. The summed E-state index contributed by atoms with van der Waals surface area (Å²) in [5.74, 6) is 0.209. The summed E-state index contributed by atoms with van der Waals surface area (Å²) in [6.45, 7) is 6.71. The number of nitrogens with one attached hydrogen (secondary N) is 1. The molecule has 1 saturated heterocycles. The van der Waals surface area contributed by atoms with E-state index in [1.165, 1.54) is 0 Å². The number of piperazine rings is 1.